The van der Waals surface area contributed by atoms with E-state index in [1.54, 1.807) is 25.1 Å². The van der Waals surface area contributed by atoms with Gasteiger partial charge in [0.05, 0.1) is 12.2 Å². The van der Waals surface area contributed by atoms with Gasteiger partial charge in [0.25, 0.3) is 0 Å². The maximum atomic E-state index is 11.2. The van der Waals surface area contributed by atoms with E-state index in [1.807, 2.05) is 6.92 Å². The van der Waals surface area contributed by atoms with Crippen molar-refractivity contribution >= 4 is 22.8 Å². The third kappa shape index (κ3) is 2.90. The number of aliphatic imine (C=N–C) groups is 1. The summed E-state index contributed by atoms with van der Waals surface area (Å²) >= 11 is 1.33. The van der Waals surface area contributed by atoms with Gasteiger partial charge in [0.1, 0.15) is 16.5 Å². The predicted molar refractivity (Wildman–Crippen MR) is 78.9 cm³/mol. The lowest BCUT2D eigenvalue weighted by molar-refractivity contribution is -0.141. The summed E-state index contributed by atoms with van der Waals surface area (Å²) in [6.45, 7) is 4.18. The van der Waals surface area contributed by atoms with Crippen LogP contribution in [0.5, 0.6) is 11.5 Å². The number of aromatic hydroxyl groups is 1. The van der Waals surface area contributed by atoms with Crippen molar-refractivity contribution in [1.82, 2.24) is 0 Å². The Labute approximate surface area is 121 Å². The monoisotopic (exact) mass is 295 g/mol. The van der Waals surface area contributed by atoms with E-state index in [-0.39, 0.29) is 5.75 Å². The number of carbonyl (C=O) groups is 1. The fourth-order valence-electron chi connectivity index (χ4n) is 1.74. The molecule has 0 unspecified atom stereocenters. The van der Waals surface area contributed by atoms with Crippen LogP contribution in [0, 0.1) is 0 Å². The van der Waals surface area contributed by atoms with Crippen LogP contribution in [-0.4, -0.2) is 39.1 Å². The number of thioether (sulfide) groups is 1. The Bertz CT molecular complexity index is 558. The lowest BCUT2D eigenvalue weighted by Gasteiger charge is -2.11. The molecule has 108 valence electrons. The van der Waals surface area contributed by atoms with Crippen LogP contribution in [0.15, 0.2) is 23.2 Å². The van der Waals surface area contributed by atoms with Gasteiger partial charge in [-0.1, -0.05) is 6.92 Å². The number of hydrogen-bond donors (Lipinski definition) is 2. The first kappa shape index (κ1) is 14.7. The first-order valence-corrected chi connectivity index (χ1v) is 7.37. The van der Waals surface area contributed by atoms with Crippen molar-refractivity contribution in [3.05, 3.63) is 23.8 Å². The average Bonchev–Trinajstić information content (AvgIpc) is 2.82. The number of benzene rings is 1. The molecule has 2 N–H and O–H groups in total. The van der Waals surface area contributed by atoms with E-state index in [4.69, 9.17) is 9.84 Å². The largest absolute Gasteiger partial charge is 0.507 e. The molecule has 1 aromatic rings. The molecule has 2 rings (SSSR count). The molecule has 5 nitrogen and oxygen atoms in total. The van der Waals surface area contributed by atoms with Gasteiger partial charge in [0.15, 0.2) is 5.54 Å². The smallest absolute Gasteiger partial charge is 0.332 e. The SMILES string of the molecule is CCCOc1ccc(O)c(C2=N[C@@](C)(C(=O)O)CS2)c1. The van der Waals surface area contributed by atoms with E-state index in [2.05, 4.69) is 4.99 Å². The van der Waals surface area contributed by atoms with Crippen LogP contribution < -0.4 is 4.74 Å². The first-order chi connectivity index (χ1) is 9.46. The lowest BCUT2D eigenvalue weighted by Crippen LogP contribution is -2.33. The van der Waals surface area contributed by atoms with Gasteiger partial charge in [0, 0.05) is 5.75 Å². The molecule has 0 saturated carbocycles. The van der Waals surface area contributed by atoms with Crippen LogP contribution in [-0.2, 0) is 4.79 Å². The molecule has 0 saturated heterocycles. The fraction of sp³-hybridized carbons (Fsp3) is 0.429. The summed E-state index contributed by atoms with van der Waals surface area (Å²) in [5, 5.41) is 19.6. The van der Waals surface area contributed by atoms with Crippen LogP contribution in [0.1, 0.15) is 25.8 Å². The second-order valence-corrected chi connectivity index (χ2v) is 5.78. The quantitative estimate of drug-likeness (QED) is 0.872. The van der Waals surface area contributed by atoms with Gasteiger partial charge in [-0.15, -0.1) is 11.8 Å². The Morgan fingerprint density at radius 1 is 1.55 bits per heavy atom. The van der Waals surface area contributed by atoms with Gasteiger partial charge >= 0.3 is 5.97 Å². The standard InChI is InChI=1S/C14H17NO4S/c1-3-6-19-9-4-5-11(16)10(7-9)12-15-14(2,8-20-12)13(17)18/h4-5,7,16H,3,6,8H2,1-2H3,(H,17,18)/t14-/m1/s1. The summed E-state index contributed by atoms with van der Waals surface area (Å²) in [7, 11) is 0. The van der Waals surface area contributed by atoms with Crippen LogP contribution in [0.2, 0.25) is 0 Å². The van der Waals surface area contributed by atoms with Crippen molar-refractivity contribution < 1.29 is 19.7 Å². The van der Waals surface area contributed by atoms with Crippen molar-refractivity contribution in [3.8, 4) is 11.5 Å². The molecular formula is C14H17NO4S. The van der Waals surface area contributed by atoms with Crippen LogP contribution >= 0.6 is 11.8 Å². The number of hydrogen-bond acceptors (Lipinski definition) is 5. The Hall–Kier alpha value is -1.69. The van der Waals surface area contributed by atoms with Gasteiger partial charge in [-0.3, -0.25) is 4.99 Å². The van der Waals surface area contributed by atoms with E-state index in [9.17, 15) is 9.90 Å². The van der Waals surface area contributed by atoms with Crippen LogP contribution in [0.3, 0.4) is 0 Å². The van der Waals surface area contributed by atoms with Gasteiger partial charge in [-0.05, 0) is 31.5 Å². The molecule has 0 amide bonds. The Kier molecular flexibility index (Phi) is 4.23. The van der Waals surface area contributed by atoms with Crippen molar-refractivity contribution in [1.29, 1.82) is 0 Å². The second kappa shape index (κ2) is 5.75. The molecule has 1 atom stereocenters. The van der Waals surface area contributed by atoms with E-state index >= 15 is 0 Å². The zero-order valence-electron chi connectivity index (χ0n) is 11.4. The molecular weight excluding hydrogens is 278 g/mol. The highest BCUT2D eigenvalue weighted by molar-refractivity contribution is 8.14. The summed E-state index contributed by atoms with van der Waals surface area (Å²) < 4.78 is 5.52. The third-order valence-electron chi connectivity index (χ3n) is 2.97. The van der Waals surface area contributed by atoms with Crippen molar-refractivity contribution in [2.45, 2.75) is 25.8 Å². The summed E-state index contributed by atoms with van der Waals surface area (Å²) in [6, 6.07) is 4.93. The van der Waals surface area contributed by atoms with E-state index < -0.39 is 11.5 Å². The van der Waals surface area contributed by atoms with Crippen LogP contribution in [0.4, 0.5) is 0 Å². The van der Waals surface area contributed by atoms with Crippen molar-refractivity contribution in [2.24, 2.45) is 4.99 Å². The molecule has 0 bridgehead atoms. The fourth-order valence-corrected chi connectivity index (χ4v) is 2.93. The molecule has 1 aliphatic heterocycles. The van der Waals surface area contributed by atoms with E-state index in [1.165, 1.54) is 11.8 Å². The molecule has 6 heteroatoms. The molecule has 0 radical (unpaired) electrons. The number of carboxylic acids is 1. The Morgan fingerprint density at radius 2 is 2.30 bits per heavy atom. The highest BCUT2D eigenvalue weighted by Crippen LogP contribution is 2.35. The number of nitrogens with zero attached hydrogens (tertiary/aromatic N) is 1. The minimum absolute atomic E-state index is 0.0785. The zero-order valence-corrected chi connectivity index (χ0v) is 12.2. The normalized spacial score (nSPS) is 21.6. The second-order valence-electron chi connectivity index (χ2n) is 4.81. The van der Waals surface area contributed by atoms with E-state index in [0.717, 1.165) is 6.42 Å². The molecule has 0 fully saturated rings. The number of phenols is 1. The summed E-state index contributed by atoms with van der Waals surface area (Å²) in [5.74, 6) is 0.122. The predicted octanol–water partition coefficient (Wildman–Crippen LogP) is 2.52. The summed E-state index contributed by atoms with van der Waals surface area (Å²) in [6.07, 6.45) is 0.892. The molecule has 0 spiro atoms. The molecule has 0 aliphatic carbocycles. The molecule has 0 aromatic heterocycles. The van der Waals surface area contributed by atoms with Gasteiger partial charge in [0.2, 0.25) is 0 Å². The number of phenolic OH excluding ortho intramolecular Hbond substituents is 1. The third-order valence-corrected chi connectivity index (χ3v) is 4.26. The highest BCUT2D eigenvalue weighted by atomic mass is 32.2. The Morgan fingerprint density at radius 3 is 2.90 bits per heavy atom. The molecule has 20 heavy (non-hydrogen) atoms. The number of ether oxygens (including phenoxy) is 1. The van der Waals surface area contributed by atoms with Crippen molar-refractivity contribution in [3.63, 3.8) is 0 Å². The average molecular weight is 295 g/mol. The molecule has 1 aliphatic rings. The molecule has 1 aromatic carbocycles. The highest BCUT2D eigenvalue weighted by Gasteiger charge is 2.39. The number of aliphatic carboxylic acids is 1. The summed E-state index contributed by atoms with van der Waals surface area (Å²) in [5.41, 5.74) is -0.610. The topological polar surface area (TPSA) is 79.1 Å². The number of rotatable bonds is 5. The van der Waals surface area contributed by atoms with Gasteiger partial charge in [-0.25, -0.2) is 4.79 Å². The maximum absolute atomic E-state index is 11.2. The van der Waals surface area contributed by atoms with E-state index in [0.29, 0.717) is 28.7 Å². The van der Waals surface area contributed by atoms with Gasteiger partial charge in [-0.2, -0.15) is 0 Å². The molecule has 1 heterocycles. The van der Waals surface area contributed by atoms with Gasteiger partial charge < -0.3 is 14.9 Å². The lowest BCUT2D eigenvalue weighted by atomic mass is 10.1. The zero-order chi connectivity index (χ0) is 14.8. The maximum Gasteiger partial charge on any atom is 0.332 e. The minimum Gasteiger partial charge on any atom is -0.507 e. The Balaban J connectivity index is 2.31. The minimum atomic E-state index is -1.13. The summed E-state index contributed by atoms with van der Waals surface area (Å²) in [4.78, 5) is 15.4. The van der Waals surface area contributed by atoms with Crippen LogP contribution in [0.25, 0.3) is 0 Å². The van der Waals surface area contributed by atoms with Crippen molar-refractivity contribution in [2.75, 3.05) is 12.4 Å². The first-order valence-electron chi connectivity index (χ1n) is 6.38. The number of carboxylic acid groups (broad SMARTS) is 1.